The monoisotopic (exact) mass is 437 g/mol. The van der Waals surface area contributed by atoms with Crippen molar-refractivity contribution in [2.45, 2.75) is 18.7 Å². The number of nitrogens with one attached hydrogen (secondary N) is 1. The largest absolute Gasteiger partial charge is 0.450 e. The standard InChI is InChI=1S/C20H24ClN3O4S/c1-3-28-20(25)24-12-10-23(11-13-24)19-9-6-16(14-18(19)21)22-29(26,27)17-7-4-15(2)5-8-17/h4-9,14,22H,3,10-13H2,1-2H3. The highest BCUT2D eigenvalue weighted by Crippen LogP contribution is 2.30. The van der Waals surface area contributed by atoms with E-state index in [2.05, 4.69) is 9.62 Å². The number of hydrogen-bond acceptors (Lipinski definition) is 5. The molecule has 2 aromatic carbocycles. The lowest BCUT2D eigenvalue weighted by Crippen LogP contribution is -2.49. The zero-order valence-corrected chi connectivity index (χ0v) is 18.0. The van der Waals surface area contributed by atoms with Crippen LogP contribution in [0.1, 0.15) is 12.5 Å². The van der Waals surface area contributed by atoms with Crippen molar-refractivity contribution < 1.29 is 17.9 Å². The van der Waals surface area contributed by atoms with Gasteiger partial charge in [0.1, 0.15) is 0 Å². The highest BCUT2D eigenvalue weighted by molar-refractivity contribution is 7.92. The number of carbonyl (C=O) groups excluding carboxylic acids is 1. The second-order valence-corrected chi connectivity index (χ2v) is 8.85. The van der Waals surface area contributed by atoms with E-state index in [4.69, 9.17) is 16.3 Å². The lowest BCUT2D eigenvalue weighted by molar-refractivity contribution is 0.105. The second kappa shape index (κ2) is 8.92. The number of aryl methyl sites for hydroxylation is 1. The molecule has 9 heteroatoms. The number of benzene rings is 2. The molecule has 0 spiro atoms. The van der Waals surface area contributed by atoms with Crippen LogP contribution in [0, 0.1) is 6.92 Å². The number of anilines is 2. The first kappa shape index (κ1) is 21.3. The zero-order valence-electron chi connectivity index (χ0n) is 16.4. The molecule has 156 valence electrons. The first-order valence-corrected chi connectivity index (χ1v) is 11.2. The van der Waals surface area contributed by atoms with Gasteiger partial charge in [0.05, 0.1) is 27.9 Å². The lowest BCUT2D eigenvalue weighted by atomic mass is 10.2. The second-order valence-electron chi connectivity index (χ2n) is 6.76. The number of nitrogens with zero attached hydrogens (tertiary/aromatic N) is 2. The van der Waals surface area contributed by atoms with E-state index in [-0.39, 0.29) is 11.0 Å². The van der Waals surface area contributed by atoms with Crippen LogP contribution < -0.4 is 9.62 Å². The minimum Gasteiger partial charge on any atom is -0.450 e. The van der Waals surface area contributed by atoms with Crippen LogP contribution in [0.2, 0.25) is 5.02 Å². The number of sulfonamides is 1. The molecule has 1 saturated heterocycles. The Bertz CT molecular complexity index is 972. The summed E-state index contributed by atoms with van der Waals surface area (Å²) < 4.78 is 32.7. The fourth-order valence-electron chi connectivity index (χ4n) is 3.10. The molecule has 1 N–H and O–H groups in total. The Morgan fingerprint density at radius 1 is 1.10 bits per heavy atom. The Hall–Kier alpha value is -2.45. The van der Waals surface area contributed by atoms with Gasteiger partial charge in [0.15, 0.2) is 0 Å². The van der Waals surface area contributed by atoms with Gasteiger partial charge in [-0.3, -0.25) is 4.72 Å². The average Bonchev–Trinajstić information content (AvgIpc) is 2.68. The van der Waals surface area contributed by atoms with Crippen molar-refractivity contribution in [1.82, 2.24) is 4.90 Å². The Morgan fingerprint density at radius 3 is 2.34 bits per heavy atom. The van der Waals surface area contributed by atoms with E-state index >= 15 is 0 Å². The van der Waals surface area contributed by atoms with Gasteiger partial charge in [-0.1, -0.05) is 29.3 Å². The van der Waals surface area contributed by atoms with Crippen molar-refractivity contribution in [1.29, 1.82) is 0 Å². The summed E-state index contributed by atoms with van der Waals surface area (Å²) in [5.41, 5.74) is 2.18. The van der Waals surface area contributed by atoms with Gasteiger partial charge in [-0.05, 0) is 44.2 Å². The summed E-state index contributed by atoms with van der Waals surface area (Å²) in [6, 6.07) is 11.7. The number of amides is 1. The highest BCUT2D eigenvalue weighted by Gasteiger charge is 2.23. The third kappa shape index (κ3) is 5.13. The molecule has 29 heavy (non-hydrogen) atoms. The molecule has 3 rings (SSSR count). The molecule has 0 unspecified atom stereocenters. The maximum absolute atomic E-state index is 12.6. The summed E-state index contributed by atoms with van der Waals surface area (Å²) in [6.45, 7) is 6.34. The number of rotatable bonds is 5. The van der Waals surface area contributed by atoms with E-state index in [0.29, 0.717) is 43.5 Å². The smallest absolute Gasteiger partial charge is 0.409 e. The molecule has 1 amide bonds. The van der Waals surface area contributed by atoms with Gasteiger partial charge in [-0.15, -0.1) is 0 Å². The van der Waals surface area contributed by atoms with Gasteiger partial charge in [-0.25, -0.2) is 13.2 Å². The van der Waals surface area contributed by atoms with E-state index in [1.807, 2.05) is 6.92 Å². The van der Waals surface area contributed by atoms with Gasteiger partial charge >= 0.3 is 6.09 Å². The van der Waals surface area contributed by atoms with Crippen molar-refractivity contribution in [3.8, 4) is 0 Å². The highest BCUT2D eigenvalue weighted by atomic mass is 35.5. The van der Waals surface area contributed by atoms with E-state index in [0.717, 1.165) is 11.3 Å². The van der Waals surface area contributed by atoms with Gasteiger partial charge in [0.25, 0.3) is 10.0 Å². The summed E-state index contributed by atoms with van der Waals surface area (Å²) in [4.78, 5) is 15.7. The van der Waals surface area contributed by atoms with Crippen LogP contribution >= 0.6 is 11.6 Å². The molecule has 1 fully saturated rings. The number of ether oxygens (including phenoxy) is 1. The predicted octanol–water partition coefficient (Wildman–Crippen LogP) is 3.73. The van der Waals surface area contributed by atoms with E-state index in [1.165, 1.54) is 0 Å². The van der Waals surface area contributed by atoms with Crippen molar-refractivity contribution in [3.05, 3.63) is 53.1 Å². The Kier molecular flexibility index (Phi) is 6.54. The van der Waals surface area contributed by atoms with E-state index in [1.54, 1.807) is 54.3 Å². The van der Waals surface area contributed by atoms with Gasteiger partial charge in [0.2, 0.25) is 0 Å². The first-order valence-electron chi connectivity index (χ1n) is 9.36. The Labute approximate surface area is 176 Å². The molecule has 1 aliphatic rings. The molecule has 2 aromatic rings. The summed E-state index contributed by atoms with van der Waals surface area (Å²) in [7, 11) is -3.69. The maximum Gasteiger partial charge on any atom is 0.409 e. The summed E-state index contributed by atoms with van der Waals surface area (Å²) >= 11 is 6.43. The van der Waals surface area contributed by atoms with Crippen LogP contribution in [0.3, 0.4) is 0 Å². The molecule has 0 atom stereocenters. The van der Waals surface area contributed by atoms with Crippen molar-refractivity contribution in [2.24, 2.45) is 0 Å². The minimum atomic E-state index is -3.69. The topological polar surface area (TPSA) is 79.0 Å². The summed E-state index contributed by atoms with van der Waals surface area (Å²) in [5.74, 6) is 0. The normalized spacial score (nSPS) is 14.6. The molecular formula is C20H24ClN3O4S. The summed E-state index contributed by atoms with van der Waals surface area (Å²) in [6.07, 6.45) is -0.306. The fourth-order valence-corrected chi connectivity index (χ4v) is 4.45. The van der Waals surface area contributed by atoms with Crippen LogP contribution in [-0.2, 0) is 14.8 Å². The van der Waals surface area contributed by atoms with Crippen LogP contribution in [0.15, 0.2) is 47.4 Å². The Morgan fingerprint density at radius 2 is 1.76 bits per heavy atom. The van der Waals surface area contributed by atoms with Gasteiger partial charge in [0, 0.05) is 26.2 Å². The molecule has 0 saturated carbocycles. The third-order valence-corrected chi connectivity index (χ3v) is 6.38. The predicted molar refractivity (Wildman–Crippen MR) is 114 cm³/mol. The van der Waals surface area contributed by atoms with Crippen LogP contribution in [0.4, 0.5) is 16.2 Å². The van der Waals surface area contributed by atoms with Crippen molar-refractivity contribution >= 4 is 39.1 Å². The molecule has 0 aliphatic carbocycles. The fraction of sp³-hybridized carbons (Fsp3) is 0.350. The molecule has 0 aromatic heterocycles. The molecule has 7 nitrogen and oxygen atoms in total. The zero-order chi connectivity index (χ0) is 21.0. The SMILES string of the molecule is CCOC(=O)N1CCN(c2ccc(NS(=O)(=O)c3ccc(C)cc3)cc2Cl)CC1. The number of carbonyl (C=O) groups is 1. The van der Waals surface area contributed by atoms with Crippen LogP contribution in [0.5, 0.6) is 0 Å². The Balaban J connectivity index is 1.68. The number of hydrogen-bond donors (Lipinski definition) is 1. The molecule has 1 heterocycles. The summed E-state index contributed by atoms with van der Waals surface area (Å²) in [5, 5.41) is 0.443. The van der Waals surface area contributed by atoms with Crippen molar-refractivity contribution in [3.63, 3.8) is 0 Å². The van der Waals surface area contributed by atoms with Crippen molar-refractivity contribution in [2.75, 3.05) is 42.4 Å². The van der Waals surface area contributed by atoms with Crippen LogP contribution in [-0.4, -0.2) is 52.2 Å². The minimum absolute atomic E-state index is 0.193. The van der Waals surface area contributed by atoms with E-state index in [9.17, 15) is 13.2 Å². The van der Waals surface area contributed by atoms with E-state index < -0.39 is 10.0 Å². The lowest BCUT2D eigenvalue weighted by Gasteiger charge is -2.35. The average molecular weight is 438 g/mol. The molecular weight excluding hydrogens is 414 g/mol. The maximum atomic E-state index is 12.6. The number of halogens is 1. The van der Waals surface area contributed by atoms with Gasteiger partial charge in [-0.2, -0.15) is 0 Å². The quantitative estimate of drug-likeness (QED) is 0.771. The third-order valence-electron chi connectivity index (χ3n) is 4.68. The molecule has 0 bridgehead atoms. The molecule has 0 radical (unpaired) electrons. The molecule has 1 aliphatic heterocycles. The van der Waals surface area contributed by atoms with Crippen LogP contribution in [0.25, 0.3) is 0 Å². The number of piperazine rings is 1. The van der Waals surface area contributed by atoms with Gasteiger partial charge < -0.3 is 14.5 Å². The first-order chi connectivity index (χ1) is 13.8.